The largest absolute Gasteiger partial charge is 0.380 e. The Labute approximate surface area is 154 Å². The molecule has 1 fully saturated rings. The van der Waals surface area contributed by atoms with E-state index in [9.17, 15) is 4.79 Å². The standard InChI is InChI=1S/C21H26N2O3/c1-25-16-17-7-9-19(10-8-17)21(24)22-20(18-5-3-2-4-6-18)15-23-11-13-26-14-12-23/h2-10,20H,11-16H2,1H3,(H,22,24)/p+1/t20-/m0/s1. The van der Waals surface area contributed by atoms with Crippen LogP contribution in [0.4, 0.5) is 0 Å². The third kappa shape index (κ3) is 5.14. The molecule has 0 bridgehead atoms. The monoisotopic (exact) mass is 355 g/mol. The van der Waals surface area contributed by atoms with Crippen LogP contribution in [0, 0.1) is 0 Å². The highest BCUT2D eigenvalue weighted by Gasteiger charge is 2.23. The molecule has 138 valence electrons. The first kappa shape index (κ1) is 18.6. The van der Waals surface area contributed by atoms with Gasteiger partial charge in [0.1, 0.15) is 25.7 Å². The molecule has 0 aliphatic carbocycles. The number of rotatable bonds is 7. The van der Waals surface area contributed by atoms with E-state index in [0.29, 0.717) is 12.2 Å². The fraction of sp³-hybridized carbons (Fsp3) is 0.381. The smallest absolute Gasteiger partial charge is 0.251 e. The zero-order valence-corrected chi connectivity index (χ0v) is 15.2. The number of methoxy groups -OCH3 is 1. The van der Waals surface area contributed by atoms with Crippen LogP contribution in [-0.2, 0) is 16.1 Å². The Hall–Kier alpha value is -2.21. The third-order valence-electron chi connectivity index (χ3n) is 4.73. The predicted molar refractivity (Wildman–Crippen MR) is 100 cm³/mol. The molecule has 1 atom stereocenters. The molecule has 1 heterocycles. The number of benzene rings is 2. The van der Waals surface area contributed by atoms with E-state index < -0.39 is 0 Å². The number of amides is 1. The van der Waals surface area contributed by atoms with Crippen molar-refractivity contribution in [2.45, 2.75) is 12.6 Å². The lowest BCUT2D eigenvalue weighted by Crippen LogP contribution is -3.14. The SMILES string of the molecule is COCc1ccc(C(=O)N[C@@H](C[NH+]2CCOCC2)c2ccccc2)cc1. The van der Waals surface area contributed by atoms with Gasteiger partial charge in [0.05, 0.1) is 19.8 Å². The Kier molecular flexibility index (Phi) is 6.77. The van der Waals surface area contributed by atoms with Crippen molar-refractivity contribution >= 4 is 5.91 Å². The maximum atomic E-state index is 12.8. The number of nitrogens with one attached hydrogen (secondary N) is 2. The van der Waals surface area contributed by atoms with Gasteiger partial charge in [0, 0.05) is 12.7 Å². The van der Waals surface area contributed by atoms with Crippen molar-refractivity contribution in [1.29, 1.82) is 0 Å². The average molecular weight is 355 g/mol. The number of quaternary nitrogens is 1. The topological polar surface area (TPSA) is 52.0 Å². The maximum Gasteiger partial charge on any atom is 0.251 e. The third-order valence-corrected chi connectivity index (χ3v) is 4.73. The first-order valence-electron chi connectivity index (χ1n) is 9.11. The van der Waals surface area contributed by atoms with Gasteiger partial charge in [-0.2, -0.15) is 0 Å². The molecule has 26 heavy (non-hydrogen) atoms. The summed E-state index contributed by atoms with van der Waals surface area (Å²) < 4.78 is 10.6. The van der Waals surface area contributed by atoms with Crippen LogP contribution in [0.25, 0.3) is 0 Å². The number of carbonyl (C=O) groups excluding carboxylic acids is 1. The van der Waals surface area contributed by atoms with Crippen LogP contribution in [0.3, 0.4) is 0 Å². The number of morpholine rings is 1. The van der Waals surface area contributed by atoms with E-state index in [1.807, 2.05) is 42.5 Å². The highest BCUT2D eigenvalue weighted by atomic mass is 16.5. The van der Waals surface area contributed by atoms with Crippen LogP contribution in [0.15, 0.2) is 54.6 Å². The van der Waals surface area contributed by atoms with Gasteiger partial charge in [0.2, 0.25) is 0 Å². The zero-order valence-electron chi connectivity index (χ0n) is 15.2. The Morgan fingerprint density at radius 1 is 1.12 bits per heavy atom. The summed E-state index contributed by atoms with van der Waals surface area (Å²) in [7, 11) is 1.67. The molecule has 5 nitrogen and oxygen atoms in total. The minimum Gasteiger partial charge on any atom is -0.380 e. The molecule has 1 aliphatic heterocycles. The molecule has 1 amide bonds. The van der Waals surface area contributed by atoms with Crippen molar-refractivity contribution in [3.05, 3.63) is 71.3 Å². The summed E-state index contributed by atoms with van der Waals surface area (Å²) in [5, 5.41) is 3.22. The quantitative estimate of drug-likeness (QED) is 0.785. The first-order chi connectivity index (χ1) is 12.8. The second-order valence-electron chi connectivity index (χ2n) is 6.63. The van der Waals surface area contributed by atoms with Crippen LogP contribution in [0.5, 0.6) is 0 Å². The number of hydrogen-bond acceptors (Lipinski definition) is 3. The Bertz CT molecular complexity index is 682. The minimum atomic E-state index is -0.0459. The van der Waals surface area contributed by atoms with Gasteiger partial charge >= 0.3 is 0 Å². The van der Waals surface area contributed by atoms with Crippen molar-refractivity contribution in [3.63, 3.8) is 0 Å². The van der Waals surface area contributed by atoms with Gasteiger partial charge < -0.3 is 19.7 Å². The first-order valence-corrected chi connectivity index (χ1v) is 9.11. The summed E-state index contributed by atoms with van der Waals surface area (Å²) in [5.41, 5.74) is 2.86. The van der Waals surface area contributed by atoms with E-state index in [4.69, 9.17) is 9.47 Å². The molecule has 3 rings (SSSR count). The zero-order chi connectivity index (χ0) is 18.2. The molecule has 2 aromatic carbocycles. The fourth-order valence-electron chi connectivity index (χ4n) is 3.25. The van der Waals surface area contributed by atoms with Crippen LogP contribution >= 0.6 is 0 Å². The molecule has 0 unspecified atom stereocenters. The lowest BCUT2D eigenvalue weighted by molar-refractivity contribution is -0.909. The highest BCUT2D eigenvalue weighted by molar-refractivity contribution is 5.94. The number of hydrogen-bond donors (Lipinski definition) is 2. The molecular weight excluding hydrogens is 328 g/mol. The maximum absolute atomic E-state index is 12.8. The molecule has 5 heteroatoms. The predicted octanol–water partition coefficient (Wildman–Crippen LogP) is 1.22. The van der Waals surface area contributed by atoms with Gasteiger partial charge in [-0.15, -0.1) is 0 Å². The summed E-state index contributed by atoms with van der Waals surface area (Å²) >= 11 is 0. The molecule has 0 spiro atoms. The van der Waals surface area contributed by atoms with E-state index in [-0.39, 0.29) is 11.9 Å². The normalized spacial score (nSPS) is 16.2. The fourth-order valence-corrected chi connectivity index (χ4v) is 3.25. The van der Waals surface area contributed by atoms with Gasteiger partial charge in [0.25, 0.3) is 5.91 Å². The molecule has 0 radical (unpaired) electrons. The summed E-state index contributed by atoms with van der Waals surface area (Å²) in [6, 6.07) is 17.7. The van der Waals surface area contributed by atoms with E-state index in [2.05, 4.69) is 17.4 Å². The summed E-state index contributed by atoms with van der Waals surface area (Å²) in [6.45, 7) is 4.93. The van der Waals surface area contributed by atoms with Gasteiger partial charge in [-0.1, -0.05) is 42.5 Å². The molecule has 1 aliphatic rings. The van der Waals surface area contributed by atoms with E-state index in [1.165, 1.54) is 4.90 Å². The van der Waals surface area contributed by atoms with Crippen LogP contribution in [-0.4, -0.2) is 45.9 Å². The second kappa shape index (κ2) is 9.48. The van der Waals surface area contributed by atoms with Crippen molar-refractivity contribution < 1.29 is 19.2 Å². The van der Waals surface area contributed by atoms with Gasteiger partial charge in [-0.05, 0) is 23.3 Å². The van der Waals surface area contributed by atoms with Crippen molar-refractivity contribution in [2.75, 3.05) is 40.0 Å². The van der Waals surface area contributed by atoms with E-state index >= 15 is 0 Å². The minimum absolute atomic E-state index is 0.0181. The Morgan fingerprint density at radius 3 is 2.46 bits per heavy atom. The second-order valence-corrected chi connectivity index (χ2v) is 6.63. The van der Waals surface area contributed by atoms with Crippen molar-refractivity contribution in [1.82, 2.24) is 5.32 Å². The molecular formula is C21H27N2O3+. The number of ether oxygens (including phenoxy) is 2. The van der Waals surface area contributed by atoms with Gasteiger partial charge in [0.15, 0.2) is 0 Å². The van der Waals surface area contributed by atoms with Crippen molar-refractivity contribution in [3.8, 4) is 0 Å². The van der Waals surface area contributed by atoms with Crippen molar-refractivity contribution in [2.24, 2.45) is 0 Å². The molecule has 1 saturated heterocycles. The summed E-state index contributed by atoms with van der Waals surface area (Å²) in [4.78, 5) is 14.2. The summed E-state index contributed by atoms with van der Waals surface area (Å²) in [5.74, 6) is -0.0459. The molecule has 0 saturated carbocycles. The molecule has 2 N–H and O–H groups in total. The summed E-state index contributed by atoms with van der Waals surface area (Å²) in [6.07, 6.45) is 0. The number of carbonyl (C=O) groups is 1. The van der Waals surface area contributed by atoms with Crippen LogP contribution < -0.4 is 10.2 Å². The lowest BCUT2D eigenvalue weighted by atomic mass is 10.0. The lowest BCUT2D eigenvalue weighted by Gasteiger charge is -2.28. The van der Waals surface area contributed by atoms with Crippen LogP contribution in [0.1, 0.15) is 27.5 Å². The van der Waals surface area contributed by atoms with E-state index in [1.54, 1.807) is 7.11 Å². The Morgan fingerprint density at radius 2 is 1.81 bits per heavy atom. The highest BCUT2D eigenvalue weighted by Crippen LogP contribution is 2.13. The molecule has 2 aromatic rings. The van der Waals surface area contributed by atoms with Gasteiger partial charge in [-0.3, -0.25) is 4.79 Å². The van der Waals surface area contributed by atoms with Crippen LogP contribution in [0.2, 0.25) is 0 Å². The van der Waals surface area contributed by atoms with E-state index in [0.717, 1.165) is 44.0 Å². The molecule has 0 aromatic heterocycles. The average Bonchev–Trinajstić information content (AvgIpc) is 2.70. The van der Waals surface area contributed by atoms with Gasteiger partial charge in [-0.25, -0.2) is 0 Å². The Balaban J connectivity index is 1.70.